The molecule has 0 atom stereocenters. The van der Waals surface area contributed by atoms with Gasteiger partial charge in [0.25, 0.3) is 0 Å². The highest BCUT2D eigenvalue weighted by Gasteiger charge is 2.23. The van der Waals surface area contributed by atoms with Crippen molar-refractivity contribution >= 4 is 16.8 Å². The topological polar surface area (TPSA) is 62.7 Å². The number of rotatable bonds is 4. The van der Waals surface area contributed by atoms with E-state index in [2.05, 4.69) is 30.1 Å². The second-order valence-electron chi connectivity index (χ2n) is 7.19. The average molecular weight is 376 g/mol. The van der Waals surface area contributed by atoms with E-state index in [9.17, 15) is 4.79 Å². The Kier molecular flexibility index (Phi) is 5.26. The van der Waals surface area contributed by atoms with Gasteiger partial charge in [-0.3, -0.25) is 9.78 Å². The van der Waals surface area contributed by atoms with Crippen molar-refractivity contribution in [3.05, 3.63) is 60.3 Å². The number of aliphatic hydroxyl groups excluding tert-OH is 1. The number of carbonyl (C=O) groups is 1. The molecule has 0 radical (unpaired) electrons. The quantitative estimate of drug-likeness (QED) is 0.756. The van der Waals surface area contributed by atoms with Gasteiger partial charge < -0.3 is 14.7 Å². The van der Waals surface area contributed by atoms with Gasteiger partial charge in [-0.2, -0.15) is 0 Å². The number of hydrogen-bond acceptors (Lipinski definition) is 4. The highest BCUT2D eigenvalue weighted by Crippen LogP contribution is 2.30. The van der Waals surface area contributed by atoms with E-state index in [1.165, 1.54) is 10.9 Å². The first-order chi connectivity index (χ1) is 13.7. The molecule has 4 rings (SSSR count). The maximum Gasteiger partial charge on any atom is 0.248 e. The number of pyridine rings is 1. The fraction of sp³-hybridized carbons (Fsp3) is 0.304. The third-order valence-corrected chi connectivity index (χ3v) is 5.44. The number of aliphatic hydroxyl groups is 1. The summed E-state index contributed by atoms with van der Waals surface area (Å²) in [5.41, 5.74) is 4.47. The van der Waals surface area contributed by atoms with Crippen molar-refractivity contribution in [2.45, 2.75) is 25.9 Å². The number of para-hydroxylation sites is 1. The molecule has 0 unspecified atom stereocenters. The number of amides is 1. The first-order valence-electron chi connectivity index (χ1n) is 9.66. The van der Waals surface area contributed by atoms with E-state index in [0.717, 1.165) is 35.2 Å². The Morgan fingerprint density at radius 2 is 1.86 bits per heavy atom. The van der Waals surface area contributed by atoms with Crippen LogP contribution in [0.2, 0.25) is 0 Å². The maximum absolute atomic E-state index is 11.5. The molecule has 1 aliphatic rings. The third kappa shape index (κ3) is 3.71. The largest absolute Gasteiger partial charge is 0.490 e. The number of fused-ring (bicyclic) bond motifs is 1. The van der Waals surface area contributed by atoms with Crippen LogP contribution in [0.1, 0.15) is 18.4 Å². The summed E-state index contributed by atoms with van der Waals surface area (Å²) < 4.78 is 6.09. The molecule has 0 aliphatic carbocycles. The van der Waals surface area contributed by atoms with E-state index in [1.807, 2.05) is 36.5 Å². The molecule has 0 spiro atoms. The van der Waals surface area contributed by atoms with E-state index < -0.39 is 6.61 Å². The van der Waals surface area contributed by atoms with Gasteiger partial charge in [0, 0.05) is 43.1 Å². The van der Waals surface area contributed by atoms with E-state index in [4.69, 9.17) is 9.84 Å². The molecule has 0 bridgehead atoms. The van der Waals surface area contributed by atoms with Gasteiger partial charge in [-0.25, -0.2) is 0 Å². The van der Waals surface area contributed by atoms with Gasteiger partial charge in [0.15, 0.2) is 0 Å². The Bertz CT molecular complexity index is 977. The Labute approximate surface area is 164 Å². The van der Waals surface area contributed by atoms with Crippen LogP contribution in [0.4, 0.5) is 0 Å². The molecule has 5 nitrogen and oxygen atoms in total. The van der Waals surface area contributed by atoms with Crippen LogP contribution in [-0.4, -0.2) is 46.7 Å². The second kappa shape index (κ2) is 7.98. The summed E-state index contributed by atoms with van der Waals surface area (Å²) in [5, 5.41) is 10.1. The van der Waals surface area contributed by atoms with Crippen molar-refractivity contribution in [3.8, 4) is 16.9 Å². The van der Waals surface area contributed by atoms with Crippen molar-refractivity contribution in [1.82, 2.24) is 9.88 Å². The lowest BCUT2D eigenvalue weighted by Gasteiger charge is -2.31. The van der Waals surface area contributed by atoms with Crippen LogP contribution < -0.4 is 4.74 Å². The zero-order valence-corrected chi connectivity index (χ0v) is 16.0. The van der Waals surface area contributed by atoms with Crippen molar-refractivity contribution in [2.24, 2.45) is 0 Å². The Hall–Kier alpha value is -2.92. The van der Waals surface area contributed by atoms with Crippen LogP contribution in [-0.2, 0) is 4.79 Å². The number of benzene rings is 2. The van der Waals surface area contributed by atoms with Crippen molar-refractivity contribution in [2.75, 3.05) is 19.7 Å². The molecule has 0 saturated carbocycles. The number of likely N-dealkylation sites (tertiary alicyclic amines) is 1. The van der Waals surface area contributed by atoms with Gasteiger partial charge >= 0.3 is 0 Å². The lowest BCUT2D eigenvalue weighted by molar-refractivity contribution is -0.135. The normalized spacial score (nSPS) is 15.0. The smallest absolute Gasteiger partial charge is 0.248 e. The molecule has 144 valence electrons. The van der Waals surface area contributed by atoms with Gasteiger partial charge in [-0.1, -0.05) is 30.3 Å². The third-order valence-electron chi connectivity index (χ3n) is 5.44. The van der Waals surface area contributed by atoms with Gasteiger partial charge in [-0.05, 0) is 36.2 Å². The Morgan fingerprint density at radius 1 is 1.14 bits per heavy atom. The first-order valence-corrected chi connectivity index (χ1v) is 9.66. The van der Waals surface area contributed by atoms with Gasteiger partial charge in [0.2, 0.25) is 5.91 Å². The van der Waals surface area contributed by atoms with Gasteiger partial charge in [0.05, 0.1) is 5.52 Å². The number of ether oxygens (including phenoxy) is 1. The number of aryl methyl sites for hydroxylation is 1. The predicted octanol–water partition coefficient (Wildman–Crippen LogP) is 3.57. The molecule has 1 N–H and O–H groups in total. The van der Waals surface area contributed by atoms with E-state index in [-0.39, 0.29) is 12.0 Å². The number of piperidine rings is 1. The summed E-state index contributed by atoms with van der Waals surface area (Å²) >= 11 is 0. The summed E-state index contributed by atoms with van der Waals surface area (Å²) in [6.45, 7) is 2.97. The van der Waals surface area contributed by atoms with E-state index >= 15 is 0 Å². The number of nitrogens with zero attached hydrogens (tertiary/aromatic N) is 2. The molecular formula is C23H24N2O3. The zero-order valence-electron chi connectivity index (χ0n) is 16.0. The minimum absolute atomic E-state index is 0.0951. The first kappa shape index (κ1) is 18.4. The Morgan fingerprint density at radius 3 is 2.57 bits per heavy atom. The van der Waals surface area contributed by atoms with Crippen LogP contribution >= 0.6 is 0 Å². The summed E-state index contributed by atoms with van der Waals surface area (Å²) in [6.07, 6.45) is 3.58. The van der Waals surface area contributed by atoms with Gasteiger partial charge in [0.1, 0.15) is 18.5 Å². The minimum Gasteiger partial charge on any atom is -0.490 e. The fourth-order valence-electron chi connectivity index (χ4n) is 3.80. The fourth-order valence-corrected chi connectivity index (χ4v) is 3.80. The SMILES string of the molecule is Cc1c(-c2ccc(OC3CCN(C(=O)CO)CC3)cc2)cnc2ccccc12. The van der Waals surface area contributed by atoms with Crippen molar-refractivity contribution in [1.29, 1.82) is 0 Å². The maximum atomic E-state index is 11.5. The molecule has 3 aromatic rings. The number of hydrogen-bond donors (Lipinski definition) is 1. The lowest BCUT2D eigenvalue weighted by atomic mass is 9.99. The number of carbonyl (C=O) groups excluding carboxylic acids is 1. The minimum atomic E-state index is -0.421. The molecule has 1 fully saturated rings. The van der Waals surface area contributed by atoms with Crippen LogP contribution in [0.5, 0.6) is 5.75 Å². The number of aromatic nitrogens is 1. The molecule has 1 aliphatic heterocycles. The highest BCUT2D eigenvalue weighted by atomic mass is 16.5. The van der Waals surface area contributed by atoms with E-state index in [1.54, 1.807) is 4.90 Å². The Balaban J connectivity index is 1.45. The summed E-state index contributed by atoms with van der Waals surface area (Å²) in [5.74, 6) is 0.629. The molecule has 1 saturated heterocycles. The molecule has 5 heteroatoms. The van der Waals surface area contributed by atoms with Crippen LogP contribution in [0.15, 0.2) is 54.7 Å². The molecule has 28 heavy (non-hydrogen) atoms. The zero-order chi connectivity index (χ0) is 19.5. The van der Waals surface area contributed by atoms with Gasteiger partial charge in [-0.15, -0.1) is 0 Å². The summed E-state index contributed by atoms with van der Waals surface area (Å²) in [6, 6.07) is 16.3. The standard InChI is InChI=1S/C23H24N2O3/c1-16-20-4-2-3-5-22(20)24-14-21(16)17-6-8-18(9-7-17)28-19-10-12-25(13-11-19)23(27)15-26/h2-9,14,19,26H,10-13,15H2,1H3. The van der Waals surface area contributed by atoms with Crippen LogP contribution in [0, 0.1) is 6.92 Å². The van der Waals surface area contributed by atoms with Crippen LogP contribution in [0.25, 0.3) is 22.0 Å². The summed E-state index contributed by atoms with van der Waals surface area (Å²) in [4.78, 5) is 17.8. The molecule has 2 aromatic carbocycles. The molecule has 2 heterocycles. The highest BCUT2D eigenvalue weighted by molar-refractivity contribution is 5.88. The molecular weight excluding hydrogens is 352 g/mol. The molecule has 1 aromatic heterocycles. The predicted molar refractivity (Wildman–Crippen MR) is 109 cm³/mol. The lowest BCUT2D eigenvalue weighted by Crippen LogP contribution is -2.42. The molecule has 1 amide bonds. The van der Waals surface area contributed by atoms with Crippen molar-refractivity contribution in [3.63, 3.8) is 0 Å². The average Bonchev–Trinajstić information content (AvgIpc) is 2.75. The monoisotopic (exact) mass is 376 g/mol. The van der Waals surface area contributed by atoms with E-state index in [0.29, 0.717) is 13.1 Å². The second-order valence-corrected chi connectivity index (χ2v) is 7.19. The van der Waals surface area contributed by atoms with Crippen molar-refractivity contribution < 1.29 is 14.6 Å². The summed E-state index contributed by atoms with van der Waals surface area (Å²) in [7, 11) is 0. The van der Waals surface area contributed by atoms with Crippen LogP contribution in [0.3, 0.4) is 0 Å².